The maximum absolute atomic E-state index is 14.9. The molecule has 0 saturated carbocycles. The first-order valence-corrected chi connectivity index (χ1v) is 15.4. The van der Waals surface area contributed by atoms with Gasteiger partial charge in [-0.15, -0.1) is 0 Å². The van der Waals surface area contributed by atoms with E-state index >= 15 is 0 Å². The number of urea groups is 1. The van der Waals surface area contributed by atoms with E-state index in [9.17, 15) is 14.0 Å². The zero-order chi connectivity index (χ0) is 30.1. The summed E-state index contributed by atoms with van der Waals surface area (Å²) >= 11 is 12.9. The molecule has 0 radical (unpaired) electrons. The molecule has 7 nitrogen and oxygen atoms in total. The van der Waals surface area contributed by atoms with E-state index < -0.39 is 11.5 Å². The van der Waals surface area contributed by atoms with Gasteiger partial charge in [0, 0.05) is 74.9 Å². The topological polar surface area (TPSA) is 68.2 Å². The van der Waals surface area contributed by atoms with E-state index in [-0.39, 0.29) is 23.7 Å². The molecular formula is C33H34Cl2FN5O2. The zero-order valence-corrected chi connectivity index (χ0v) is 25.5. The Morgan fingerprint density at radius 2 is 1.70 bits per heavy atom. The summed E-state index contributed by atoms with van der Waals surface area (Å²) in [4.78, 5) is 36.6. The Morgan fingerprint density at radius 1 is 0.953 bits per heavy atom. The molecule has 3 heterocycles. The average molecular weight is 623 g/mol. The molecule has 1 spiro atoms. The Labute approximate surface area is 261 Å². The summed E-state index contributed by atoms with van der Waals surface area (Å²) < 4.78 is 14.9. The quantitative estimate of drug-likeness (QED) is 0.369. The first kappa shape index (κ1) is 29.6. The molecule has 3 aliphatic heterocycles. The highest BCUT2D eigenvalue weighted by atomic mass is 35.5. The lowest BCUT2D eigenvalue weighted by Gasteiger charge is -2.53. The summed E-state index contributed by atoms with van der Waals surface area (Å²) in [6.07, 6.45) is 2.62. The number of amides is 3. The number of rotatable bonds is 5. The van der Waals surface area contributed by atoms with Gasteiger partial charge in [-0.3, -0.25) is 14.7 Å². The van der Waals surface area contributed by atoms with Crippen LogP contribution in [0.1, 0.15) is 42.0 Å². The van der Waals surface area contributed by atoms with Crippen LogP contribution in [0.2, 0.25) is 10.0 Å². The maximum Gasteiger partial charge on any atom is 0.320 e. The van der Waals surface area contributed by atoms with Crippen molar-refractivity contribution >= 4 is 47.0 Å². The number of fused-ring (bicyclic) bond motifs is 2. The van der Waals surface area contributed by atoms with Crippen molar-refractivity contribution in [2.45, 2.75) is 30.7 Å². The third kappa shape index (κ3) is 5.76. The number of piperidine rings is 1. The lowest BCUT2D eigenvalue weighted by Crippen LogP contribution is -2.60. The Morgan fingerprint density at radius 3 is 2.44 bits per heavy atom. The summed E-state index contributed by atoms with van der Waals surface area (Å²) in [7, 11) is 0. The molecule has 3 aromatic rings. The van der Waals surface area contributed by atoms with Crippen LogP contribution >= 0.6 is 23.2 Å². The fourth-order valence-electron chi connectivity index (χ4n) is 7.04. The van der Waals surface area contributed by atoms with Crippen molar-refractivity contribution in [2.24, 2.45) is 4.99 Å². The normalized spacial score (nSPS) is 23.4. The van der Waals surface area contributed by atoms with Crippen LogP contribution in [0.25, 0.3) is 0 Å². The molecule has 3 aliphatic rings. The Balaban J connectivity index is 1.40. The number of aliphatic imine (C=N–C) groups is 1. The minimum atomic E-state index is -0.785. The van der Waals surface area contributed by atoms with Gasteiger partial charge < -0.3 is 15.1 Å². The molecule has 2 saturated heterocycles. The molecule has 0 unspecified atom stereocenters. The van der Waals surface area contributed by atoms with Crippen LogP contribution in [-0.2, 0) is 10.2 Å². The fourth-order valence-corrected chi connectivity index (χ4v) is 7.41. The zero-order valence-electron chi connectivity index (χ0n) is 24.0. The summed E-state index contributed by atoms with van der Waals surface area (Å²) in [6, 6.07) is 19.5. The van der Waals surface area contributed by atoms with Crippen molar-refractivity contribution in [1.29, 1.82) is 0 Å². The van der Waals surface area contributed by atoms with E-state index in [1.807, 2.05) is 58.5 Å². The van der Waals surface area contributed by atoms with E-state index in [2.05, 4.69) is 16.3 Å². The SMILES string of the molecule is CC(=O)NCCN1CCN(C(=O)N2CC[C@@H](c3cccc(Cl)c3)[C@]3(C=Nc4cc(Cl)ccc43)[C@H]2c2cccc(F)c2)CC1. The van der Waals surface area contributed by atoms with E-state index in [1.54, 1.807) is 6.07 Å². The number of hydrogen-bond acceptors (Lipinski definition) is 4. The van der Waals surface area contributed by atoms with Gasteiger partial charge in [-0.25, -0.2) is 9.18 Å². The molecule has 3 aromatic carbocycles. The van der Waals surface area contributed by atoms with Crippen LogP contribution in [-0.4, -0.2) is 78.7 Å². The van der Waals surface area contributed by atoms with E-state index in [0.717, 1.165) is 23.4 Å². The maximum atomic E-state index is 14.9. The summed E-state index contributed by atoms with van der Waals surface area (Å²) in [5.41, 5.74) is 2.68. The van der Waals surface area contributed by atoms with Gasteiger partial charge in [-0.05, 0) is 59.5 Å². The molecule has 0 bridgehead atoms. The lowest BCUT2D eigenvalue weighted by atomic mass is 9.59. The third-order valence-electron chi connectivity index (χ3n) is 8.95. The number of benzene rings is 3. The molecule has 0 aromatic heterocycles. The van der Waals surface area contributed by atoms with Gasteiger partial charge in [0.15, 0.2) is 0 Å². The van der Waals surface area contributed by atoms with Gasteiger partial charge in [-0.1, -0.05) is 53.5 Å². The number of likely N-dealkylation sites (tertiary alicyclic amines) is 1. The minimum Gasteiger partial charge on any atom is -0.355 e. The molecule has 1 N–H and O–H groups in total. The van der Waals surface area contributed by atoms with Crippen molar-refractivity contribution in [1.82, 2.24) is 20.0 Å². The predicted octanol–water partition coefficient (Wildman–Crippen LogP) is 6.19. The second-order valence-corrected chi connectivity index (χ2v) is 12.4. The van der Waals surface area contributed by atoms with Crippen molar-refractivity contribution in [3.05, 3.63) is 99.3 Å². The molecule has 43 heavy (non-hydrogen) atoms. The highest BCUT2D eigenvalue weighted by molar-refractivity contribution is 6.31. The van der Waals surface area contributed by atoms with Crippen molar-refractivity contribution in [3.63, 3.8) is 0 Å². The van der Waals surface area contributed by atoms with Gasteiger partial charge in [0.25, 0.3) is 0 Å². The van der Waals surface area contributed by atoms with Crippen molar-refractivity contribution in [3.8, 4) is 0 Å². The highest BCUT2D eigenvalue weighted by Crippen LogP contribution is 2.59. The van der Waals surface area contributed by atoms with Gasteiger partial charge in [0.2, 0.25) is 5.91 Å². The minimum absolute atomic E-state index is 0.0494. The molecule has 3 atom stereocenters. The summed E-state index contributed by atoms with van der Waals surface area (Å²) in [5, 5.41) is 4.05. The summed E-state index contributed by atoms with van der Waals surface area (Å²) in [5.74, 6) is -0.490. The fraction of sp³-hybridized carbons (Fsp3) is 0.364. The smallest absolute Gasteiger partial charge is 0.320 e. The molecule has 10 heteroatoms. The number of carbonyl (C=O) groups excluding carboxylic acids is 2. The lowest BCUT2D eigenvalue weighted by molar-refractivity contribution is -0.119. The van der Waals surface area contributed by atoms with Gasteiger partial charge in [0.05, 0.1) is 17.1 Å². The highest BCUT2D eigenvalue weighted by Gasteiger charge is 2.56. The van der Waals surface area contributed by atoms with Crippen LogP contribution in [0, 0.1) is 5.82 Å². The van der Waals surface area contributed by atoms with Crippen LogP contribution in [0.4, 0.5) is 14.9 Å². The van der Waals surface area contributed by atoms with Crippen LogP contribution < -0.4 is 5.32 Å². The Kier molecular flexibility index (Phi) is 8.45. The number of nitrogens with one attached hydrogen (secondary N) is 1. The van der Waals surface area contributed by atoms with E-state index in [4.69, 9.17) is 28.2 Å². The van der Waals surface area contributed by atoms with Gasteiger partial charge >= 0.3 is 6.03 Å². The number of hydrogen-bond donors (Lipinski definition) is 1. The second kappa shape index (κ2) is 12.3. The number of halogens is 3. The molecule has 3 amide bonds. The Hall–Kier alpha value is -3.46. The number of piperazine rings is 1. The van der Waals surface area contributed by atoms with Crippen molar-refractivity contribution < 1.29 is 14.0 Å². The molecule has 224 valence electrons. The van der Waals surface area contributed by atoms with Gasteiger partial charge in [-0.2, -0.15) is 0 Å². The molecule has 2 fully saturated rings. The number of carbonyl (C=O) groups is 2. The third-order valence-corrected chi connectivity index (χ3v) is 9.42. The largest absolute Gasteiger partial charge is 0.355 e. The monoisotopic (exact) mass is 621 g/mol. The molecule has 0 aliphatic carbocycles. The van der Waals surface area contributed by atoms with Crippen LogP contribution in [0.15, 0.2) is 71.7 Å². The van der Waals surface area contributed by atoms with Crippen molar-refractivity contribution in [2.75, 3.05) is 45.8 Å². The predicted molar refractivity (Wildman–Crippen MR) is 168 cm³/mol. The number of nitrogens with zero attached hydrogens (tertiary/aromatic N) is 4. The molecule has 6 rings (SSSR count). The first-order valence-electron chi connectivity index (χ1n) is 14.6. The van der Waals surface area contributed by atoms with Crippen LogP contribution in [0.3, 0.4) is 0 Å². The second-order valence-electron chi connectivity index (χ2n) is 11.5. The van der Waals surface area contributed by atoms with Crippen LogP contribution in [0.5, 0.6) is 0 Å². The summed E-state index contributed by atoms with van der Waals surface area (Å²) in [6.45, 7) is 5.86. The molecular weight excluding hydrogens is 588 g/mol. The average Bonchev–Trinajstić information content (AvgIpc) is 3.34. The van der Waals surface area contributed by atoms with E-state index in [1.165, 1.54) is 19.1 Å². The van der Waals surface area contributed by atoms with E-state index in [0.29, 0.717) is 61.3 Å². The Bertz CT molecular complexity index is 1560. The standard InChI is InChI=1S/C33H34Cl2FN5O2/c1-22(42)37-11-13-39-14-16-40(17-15-39)32(43)41-12-10-28(23-4-2-6-25(34)18-23)33(31(41)24-5-3-7-27(36)19-24)21-38-30-20-26(35)8-9-29(30)33/h2-9,18-21,28,31H,10-17H2,1H3,(H,37,42)/t28-,31+,33-/m0/s1. The first-order chi connectivity index (χ1) is 20.8. The van der Waals surface area contributed by atoms with Gasteiger partial charge in [0.1, 0.15) is 5.82 Å².